The Labute approximate surface area is 171 Å². The van der Waals surface area contributed by atoms with Gasteiger partial charge in [-0.25, -0.2) is 4.79 Å². The fourth-order valence-corrected chi connectivity index (χ4v) is 3.49. The molecule has 1 heterocycles. The minimum atomic E-state index is -0.518. The average molecular weight is 423 g/mol. The molecule has 8 heteroatoms. The van der Waals surface area contributed by atoms with E-state index in [2.05, 4.69) is 5.32 Å². The fraction of sp³-hybridized carbons (Fsp3) is 0.211. The first-order valence-corrected chi connectivity index (χ1v) is 9.48. The first-order valence-electron chi connectivity index (χ1n) is 7.91. The van der Waals surface area contributed by atoms with Gasteiger partial charge < -0.3 is 10.1 Å². The summed E-state index contributed by atoms with van der Waals surface area (Å²) in [5.41, 5.74) is 1.42. The van der Waals surface area contributed by atoms with Crippen molar-refractivity contribution in [3.8, 4) is 6.07 Å². The van der Waals surface area contributed by atoms with Crippen LogP contribution in [-0.4, -0.2) is 18.0 Å². The summed E-state index contributed by atoms with van der Waals surface area (Å²) >= 11 is 12.8. The summed E-state index contributed by atoms with van der Waals surface area (Å²) < 4.78 is 5.17. The van der Waals surface area contributed by atoms with Gasteiger partial charge in [0.2, 0.25) is 5.91 Å². The lowest BCUT2D eigenvalue weighted by Gasteiger charge is -2.06. The van der Waals surface area contributed by atoms with Crippen LogP contribution in [0, 0.1) is 18.3 Å². The molecule has 0 aliphatic carbocycles. The number of carbonyl (C=O) groups excluding carboxylic acids is 2. The van der Waals surface area contributed by atoms with Crippen molar-refractivity contribution >= 4 is 57.5 Å². The third kappa shape index (κ3) is 5.33. The molecular weight excluding hydrogens is 407 g/mol. The number of carbonyl (C=O) groups is 2. The normalized spacial score (nSPS) is 10.9. The molecule has 140 valence electrons. The maximum Gasteiger partial charge on any atom is 0.348 e. The molecule has 2 rings (SSSR count). The zero-order valence-corrected chi connectivity index (χ0v) is 17.1. The van der Waals surface area contributed by atoms with E-state index in [4.69, 9.17) is 27.9 Å². The molecule has 1 aromatic heterocycles. The molecule has 0 radical (unpaired) electrons. The van der Waals surface area contributed by atoms with Crippen LogP contribution in [0.25, 0.3) is 6.08 Å². The van der Waals surface area contributed by atoms with Gasteiger partial charge in [0, 0.05) is 6.08 Å². The minimum absolute atomic E-state index is 0.243. The highest BCUT2D eigenvalue weighted by Crippen LogP contribution is 2.33. The zero-order chi connectivity index (χ0) is 20.1. The van der Waals surface area contributed by atoms with Crippen LogP contribution in [-0.2, 0) is 9.53 Å². The maximum atomic E-state index is 12.2. The van der Waals surface area contributed by atoms with Crippen molar-refractivity contribution < 1.29 is 14.3 Å². The van der Waals surface area contributed by atoms with Crippen LogP contribution in [0.15, 0.2) is 24.3 Å². The van der Waals surface area contributed by atoms with Crippen molar-refractivity contribution in [1.82, 2.24) is 0 Å². The van der Waals surface area contributed by atoms with Gasteiger partial charge in [-0.15, -0.1) is 11.3 Å². The third-order valence-electron chi connectivity index (χ3n) is 3.39. The van der Waals surface area contributed by atoms with Crippen LogP contribution in [0.2, 0.25) is 10.0 Å². The van der Waals surface area contributed by atoms with E-state index in [-0.39, 0.29) is 11.7 Å². The Hall–Kier alpha value is -2.33. The summed E-state index contributed by atoms with van der Waals surface area (Å²) in [6.07, 6.45) is 2.59. The third-order valence-corrected chi connectivity index (χ3v) is 5.32. The first-order chi connectivity index (χ1) is 12.7. The van der Waals surface area contributed by atoms with E-state index in [1.807, 2.05) is 6.07 Å². The number of rotatable bonds is 5. The number of halogens is 2. The Bertz CT molecular complexity index is 959. The number of nitrogens with zero attached hydrogens (tertiary/aromatic N) is 1. The van der Waals surface area contributed by atoms with Gasteiger partial charge in [0.05, 0.1) is 21.7 Å². The molecule has 27 heavy (non-hydrogen) atoms. The number of amides is 1. The SMILES string of the molecule is Cc1c(C(=O)OC(C)C)sc(NC(=O)C=Cc2ccc(Cl)c(Cl)c2)c1C#N. The molecule has 0 saturated carbocycles. The van der Waals surface area contributed by atoms with Gasteiger partial charge in [0.25, 0.3) is 0 Å². The van der Waals surface area contributed by atoms with Crippen LogP contribution < -0.4 is 5.32 Å². The summed E-state index contributed by atoms with van der Waals surface area (Å²) in [6.45, 7) is 5.12. The lowest BCUT2D eigenvalue weighted by molar-refractivity contribution is -0.111. The minimum Gasteiger partial charge on any atom is -0.459 e. The molecule has 5 nitrogen and oxygen atoms in total. The van der Waals surface area contributed by atoms with Gasteiger partial charge in [-0.3, -0.25) is 4.79 Å². The van der Waals surface area contributed by atoms with Crippen LogP contribution in [0.3, 0.4) is 0 Å². The lowest BCUT2D eigenvalue weighted by Crippen LogP contribution is -2.11. The van der Waals surface area contributed by atoms with Gasteiger partial charge in [-0.05, 0) is 50.1 Å². The second kappa shape index (κ2) is 9.05. The molecule has 0 unspecified atom stereocenters. The number of nitrogens with one attached hydrogen (secondary N) is 1. The van der Waals surface area contributed by atoms with Crippen LogP contribution >= 0.6 is 34.5 Å². The van der Waals surface area contributed by atoms with Crippen molar-refractivity contribution in [2.45, 2.75) is 26.9 Å². The summed E-state index contributed by atoms with van der Waals surface area (Å²) in [5, 5.41) is 13.1. The van der Waals surface area contributed by atoms with Gasteiger partial charge in [-0.2, -0.15) is 5.26 Å². The Morgan fingerprint density at radius 2 is 2.00 bits per heavy atom. The highest BCUT2D eigenvalue weighted by Gasteiger charge is 2.22. The molecule has 1 N–H and O–H groups in total. The predicted molar refractivity (Wildman–Crippen MR) is 108 cm³/mol. The molecule has 0 aliphatic rings. The van der Waals surface area contributed by atoms with E-state index in [1.165, 1.54) is 6.08 Å². The molecular formula is C19H16Cl2N2O3S. The van der Waals surface area contributed by atoms with Crippen molar-refractivity contribution in [2.24, 2.45) is 0 Å². The van der Waals surface area contributed by atoms with Crippen molar-refractivity contribution in [3.05, 3.63) is 55.9 Å². The molecule has 0 aliphatic heterocycles. The molecule has 0 fully saturated rings. The Kier molecular flexibility index (Phi) is 7.03. The van der Waals surface area contributed by atoms with E-state index in [0.717, 1.165) is 11.3 Å². The second-order valence-electron chi connectivity index (χ2n) is 5.82. The van der Waals surface area contributed by atoms with Crippen molar-refractivity contribution in [2.75, 3.05) is 5.32 Å². The van der Waals surface area contributed by atoms with Gasteiger partial charge in [0.15, 0.2) is 0 Å². The number of esters is 1. The maximum absolute atomic E-state index is 12.2. The quantitative estimate of drug-likeness (QED) is 0.512. The molecule has 0 atom stereocenters. The van der Waals surface area contributed by atoms with Crippen LogP contribution in [0.1, 0.15) is 40.2 Å². The standard InChI is InChI=1S/C19H16Cl2N2O3S/c1-10(2)26-19(25)17-11(3)13(9-22)18(27-17)23-16(24)7-5-12-4-6-14(20)15(21)8-12/h4-8,10H,1-3H3,(H,23,24). The first kappa shape index (κ1) is 21.0. The summed E-state index contributed by atoms with van der Waals surface area (Å²) in [7, 11) is 0. The van der Waals surface area contributed by atoms with Gasteiger partial charge in [-0.1, -0.05) is 29.3 Å². The number of thiophene rings is 1. The molecule has 2 aromatic rings. The van der Waals surface area contributed by atoms with Crippen molar-refractivity contribution in [3.63, 3.8) is 0 Å². The zero-order valence-electron chi connectivity index (χ0n) is 14.8. The number of anilines is 1. The molecule has 1 amide bonds. The number of hydrogen-bond acceptors (Lipinski definition) is 5. The molecule has 0 bridgehead atoms. The average Bonchev–Trinajstić information content (AvgIpc) is 2.90. The van der Waals surface area contributed by atoms with Crippen LogP contribution in [0.4, 0.5) is 5.00 Å². The molecule has 0 saturated heterocycles. The largest absolute Gasteiger partial charge is 0.459 e. The highest BCUT2D eigenvalue weighted by molar-refractivity contribution is 7.18. The van der Waals surface area contributed by atoms with E-state index in [9.17, 15) is 14.9 Å². The van der Waals surface area contributed by atoms with Crippen molar-refractivity contribution in [1.29, 1.82) is 5.26 Å². The number of ether oxygens (including phenoxy) is 1. The Morgan fingerprint density at radius 1 is 1.30 bits per heavy atom. The number of hydrogen-bond donors (Lipinski definition) is 1. The number of benzene rings is 1. The van der Waals surface area contributed by atoms with E-state index in [0.29, 0.717) is 31.1 Å². The van der Waals surface area contributed by atoms with Gasteiger partial charge in [0.1, 0.15) is 15.9 Å². The summed E-state index contributed by atoms with van der Waals surface area (Å²) in [4.78, 5) is 24.6. The lowest BCUT2D eigenvalue weighted by atomic mass is 10.1. The molecule has 1 aromatic carbocycles. The van der Waals surface area contributed by atoms with E-state index in [1.54, 1.807) is 45.0 Å². The fourth-order valence-electron chi connectivity index (χ4n) is 2.14. The van der Waals surface area contributed by atoms with E-state index >= 15 is 0 Å². The number of nitriles is 1. The van der Waals surface area contributed by atoms with E-state index < -0.39 is 11.9 Å². The topological polar surface area (TPSA) is 79.2 Å². The predicted octanol–water partition coefficient (Wildman–Crippen LogP) is 5.45. The van der Waals surface area contributed by atoms with Gasteiger partial charge >= 0.3 is 5.97 Å². The second-order valence-corrected chi connectivity index (χ2v) is 7.66. The highest BCUT2D eigenvalue weighted by atomic mass is 35.5. The van der Waals surface area contributed by atoms with Crippen LogP contribution in [0.5, 0.6) is 0 Å². The Balaban J connectivity index is 2.19. The monoisotopic (exact) mass is 422 g/mol. The smallest absolute Gasteiger partial charge is 0.348 e. The Morgan fingerprint density at radius 3 is 2.59 bits per heavy atom. The summed E-state index contributed by atoms with van der Waals surface area (Å²) in [6, 6.07) is 6.99. The molecule has 0 spiro atoms. The summed E-state index contributed by atoms with van der Waals surface area (Å²) in [5.74, 6) is -0.960.